The molecular weight excluding hydrogens is 362 g/mol. The predicted octanol–water partition coefficient (Wildman–Crippen LogP) is 3.76. The number of benzene rings is 1. The molecule has 0 bridgehead atoms. The number of anilines is 3. The van der Waals surface area contributed by atoms with E-state index in [0.29, 0.717) is 23.6 Å². The minimum atomic E-state index is -0.0626. The summed E-state index contributed by atoms with van der Waals surface area (Å²) in [5.41, 5.74) is 1.68. The third-order valence-corrected chi connectivity index (χ3v) is 4.86. The molecule has 1 N–H and O–H groups in total. The van der Waals surface area contributed by atoms with Gasteiger partial charge in [0.15, 0.2) is 5.82 Å². The number of carbonyl (C=O) groups excluding carboxylic acids is 1. The fraction of sp³-hybridized carbons (Fsp3) is 0.450. The van der Waals surface area contributed by atoms with Gasteiger partial charge in [-0.15, -0.1) is 0 Å². The molecule has 1 aromatic carbocycles. The van der Waals surface area contributed by atoms with Gasteiger partial charge in [0.1, 0.15) is 5.69 Å². The van der Waals surface area contributed by atoms with E-state index in [9.17, 15) is 4.79 Å². The zero-order chi connectivity index (χ0) is 19.2. The lowest BCUT2D eigenvalue weighted by Gasteiger charge is -2.28. The van der Waals surface area contributed by atoms with Gasteiger partial charge in [0.25, 0.3) is 0 Å². The normalized spacial score (nSPS) is 14.1. The highest BCUT2D eigenvalue weighted by Crippen LogP contribution is 2.25. The minimum absolute atomic E-state index is 0.0626. The van der Waals surface area contributed by atoms with Crippen LogP contribution in [0.15, 0.2) is 30.5 Å². The number of hydrogen-bond acceptors (Lipinski definition) is 5. The molecule has 0 aliphatic carbocycles. The standard InChI is InChI=1S/C20H26ClN5O/c1-25(2)19-17(14-22-20(24-19)26-11-4-3-5-12-26)23-18(27)10-9-15-7-6-8-16(21)13-15/h6-8,13-14H,3-5,9-12H2,1-2H3,(H,23,27). The molecule has 6 nitrogen and oxygen atoms in total. The van der Waals surface area contributed by atoms with Crippen molar-refractivity contribution in [1.82, 2.24) is 9.97 Å². The van der Waals surface area contributed by atoms with Crippen molar-refractivity contribution >= 4 is 35.0 Å². The fourth-order valence-electron chi connectivity index (χ4n) is 3.20. The van der Waals surface area contributed by atoms with Gasteiger partial charge < -0.3 is 15.1 Å². The molecule has 1 saturated heterocycles. The van der Waals surface area contributed by atoms with Gasteiger partial charge in [-0.25, -0.2) is 4.98 Å². The number of piperidine rings is 1. The Bertz CT molecular complexity index is 790. The molecule has 0 atom stereocenters. The molecule has 1 fully saturated rings. The Morgan fingerprint density at radius 1 is 1.26 bits per heavy atom. The molecule has 1 aliphatic rings. The first kappa shape index (κ1) is 19.4. The molecule has 27 heavy (non-hydrogen) atoms. The van der Waals surface area contributed by atoms with E-state index in [0.717, 1.165) is 30.4 Å². The molecule has 1 aliphatic heterocycles. The van der Waals surface area contributed by atoms with Crippen molar-refractivity contribution < 1.29 is 4.79 Å². The maximum Gasteiger partial charge on any atom is 0.227 e. The first-order valence-corrected chi connectivity index (χ1v) is 9.74. The Morgan fingerprint density at radius 3 is 2.74 bits per heavy atom. The van der Waals surface area contributed by atoms with E-state index in [1.54, 1.807) is 6.20 Å². The van der Waals surface area contributed by atoms with Crippen molar-refractivity contribution in [3.8, 4) is 0 Å². The van der Waals surface area contributed by atoms with E-state index in [2.05, 4.69) is 20.2 Å². The summed E-state index contributed by atoms with van der Waals surface area (Å²) in [6, 6.07) is 7.58. The summed E-state index contributed by atoms with van der Waals surface area (Å²) in [6.07, 6.45) is 6.32. The Kier molecular flexibility index (Phi) is 6.50. The quantitative estimate of drug-likeness (QED) is 0.817. The van der Waals surface area contributed by atoms with Gasteiger partial charge in [0, 0.05) is 38.6 Å². The molecule has 0 unspecified atom stereocenters. The number of nitrogens with one attached hydrogen (secondary N) is 1. The number of nitrogens with zero attached hydrogens (tertiary/aromatic N) is 4. The van der Waals surface area contributed by atoms with Crippen LogP contribution in [-0.4, -0.2) is 43.1 Å². The molecule has 3 rings (SSSR count). The summed E-state index contributed by atoms with van der Waals surface area (Å²) in [6.45, 7) is 1.97. The summed E-state index contributed by atoms with van der Waals surface area (Å²) in [4.78, 5) is 25.7. The van der Waals surface area contributed by atoms with Crippen molar-refractivity contribution in [2.75, 3.05) is 42.3 Å². The molecule has 144 valence electrons. The van der Waals surface area contributed by atoms with Crippen molar-refractivity contribution in [1.29, 1.82) is 0 Å². The van der Waals surface area contributed by atoms with E-state index in [4.69, 9.17) is 11.6 Å². The van der Waals surface area contributed by atoms with Crippen LogP contribution in [0.5, 0.6) is 0 Å². The van der Waals surface area contributed by atoms with Crippen LogP contribution in [0.3, 0.4) is 0 Å². The number of halogens is 1. The van der Waals surface area contributed by atoms with Crippen LogP contribution < -0.4 is 15.1 Å². The zero-order valence-corrected chi connectivity index (χ0v) is 16.7. The maximum absolute atomic E-state index is 12.4. The van der Waals surface area contributed by atoms with Crippen LogP contribution in [0.4, 0.5) is 17.5 Å². The molecule has 1 aromatic heterocycles. The second-order valence-electron chi connectivity index (χ2n) is 7.03. The van der Waals surface area contributed by atoms with Gasteiger partial charge in [-0.3, -0.25) is 4.79 Å². The third kappa shape index (κ3) is 5.32. The van der Waals surface area contributed by atoms with E-state index in [1.807, 2.05) is 43.3 Å². The summed E-state index contributed by atoms with van der Waals surface area (Å²) < 4.78 is 0. The highest BCUT2D eigenvalue weighted by Gasteiger charge is 2.17. The average Bonchev–Trinajstić information content (AvgIpc) is 2.67. The molecule has 7 heteroatoms. The monoisotopic (exact) mass is 387 g/mol. The van der Waals surface area contributed by atoms with Crippen molar-refractivity contribution in [2.24, 2.45) is 0 Å². The number of carbonyl (C=O) groups is 1. The zero-order valence-electron chi connectivity index (χ0n) is 15.9. The lowest BCUT2D eigenvalue weighted by Crippen LogP contribution is -2.31. The highest BCUT2D eigenvalue weighted by molar-refractivity contribution is 6.30. The van der Waals surface area contributed by atoms with E-state index in [-0.39, 0.29) is 5.91 Å². The maximum atomic E-state index is 12.4. The van der Waals surface area contributed by atoms with Crippen LogP contribution in [0, 0.1) is 0 Å². The van der Waals surface area contributed by atoms with E-state index < -0.39 is 0 Å². The topological polar surface area (TPSA) is 61.4 Å². The number of amides is 1. The van der Waals surface area contributed by atoms with Crippen LogP contribution in [0.2, 0.25) is 5.02 Å². The van der Waals surface area contributed by atoms with Crippen molar-refractivity contribution in [3.05, 3.63) is 41.0 Å². The van der Waals surface area contributed by atoms with E-state index >= 15 is 0 Å². The third-order valence-electron chi connectivity index (χ3n) is 4.62. The Labute approximate surface area is 165 Å². The number of rotatable bonds is 6. The SMILES string of the molecule is CN(C)c1nc(N2CCCCC2)ncc1NC(=O)CCc1cccc(Cl)c1. The molecule has 0 saturated carbocycles. The van der Waals surface area contributed by atoms with Gasteiger partial charge >= 0.3 is 0 Å². The van der Waals surface area contributed by atoms with Crippen LogP contribution in [-0.2, 0) is 11.2 Å². The van der Waals surface area contributed by atoms with Crippen LogP contribution >= 0.6 is 11.6 Å². The fourth-order valence-corrected chi connectivity index (χ4v) is 3.42. The molecule has 2 aromatic rings. The molecular formula is C20H26ClN5O. The first-order valence-electron chi connectivity index (χ1n) is 9.36. The predicted molar refractivity (Wildman–Crippen MR) is 111 cm³/mol. The summed E-state index contributed by atoms with van der Waals surface area (Å²) in [7, 11) is 3.84. The number of hydrogen-bond donors (Lipinski definition) is 1. The Morgan fingerprint density at radius 2 is 2.04 bits per heavy atom. The molecule has 0 spiro atoms. The van der Waals surface area contributed by atoms with Gasteiger partial charge in [-0.2, -0.15) is 4.98 Å². The Hall–Kier alpha value is -2.34. The van der Waals surface area contributed by atoms with Crippen LogP contribution in [0.25, 0.3) is 0 Å². The lowest BCUT2D eigenvalue weighted by molar-refractivity contribution is -0.116. The van der Waals surface area contributed by atoms with Gasteiger partial charge in [0.2, 0.25) is 11.9 Å². The first-order chi connectivity index (χ1) is 13.0. The number of aryl methyl sites for hydroxylation is 1. The molecule has 0 radical (unpaired) electrons. The molecule has 2 heterocycles. The lowest BCUT2D eigenvalue weighted by atomic mass is 10.1. The van der Waals surface area contributed by atoms with E-state index in [1.165, 1.54) is 19.3 Å². The number of aromatic nitrogens is 2. The van der Waals surface area contributed by atoms with Crippen LogP contribution in [0.1, 0.15) is 31.2 Å². The second kappa shape index (κ2) is 9.04. The van der Waals surface area contributed by atoms with Gasteiger partial charge in [-0.1, -0.05) is 23.7 Å². The largest absolute Gasteiger partial charge is 0.361 e. The van der Waals surface area contributed by atoms with Crippen molar-refractivity contribution in [2.45, 2.75) is 32.1 Å². The second-order valence-corrected chi connectivity index (χ2v) is 7.46. The van der Waals surface area contributed by atoms with Gasteiger partial charge in [-0.05, 0) is 43.4 Å². The highest BCUT2D eigenvalue weighted by atomic mass is 35.5. The minimum Gasteiger partial charge on any atom is -0.361 e. The molecule has 1 amide bonds. The average molecular weight is 388 g/mol. The van der Waals surface area contributed by atoms with Gasteiger partial charge in [0.05, 0.1) is 6.20 Å². The summed E-state index contributed by atoms with van der Waals surface area (Å²) >= 11 is 6.00. The smallest absolute Gasteiger partial charge is 0.227 e. The Balaban J connectivity index is 1.66. The summed E-state index contributed by atoms with van der Waals surface area (Å²) in [5, 5.41) is 3.63. The summed E-state index contributed by atoms with van der Waals surface area (Å²) in [5.74, 6) is 1.39. The van der Waals surface area contributed by atoms with Crippen molar-refractivity contribution in [3.63, 3.8) is 0 Å².